The van der Waals surface area contributed by atoms with Gasteiger partial charge in [0.15, 0.2) is 11.5 Å². The minimum absolute atomic E-state index is 0.0149. The largest absolute Gasteiger partial charge is 0.493 e. The van der Waals surface area contributed by atoms with E-state index in [1.807, 2.05) is 18.2 Å². The standard InChI is InChI=1S/C26H31FO5/c1-29-23-12-7-17(14-24(23)30-2)13-20-15-31-25(18-8-10-21(27)11-9-18)22(20)16-32-26(28)19-5-3-4-6-19/h7-12,14,19-20,22,25H,3-6,13,15-16H2,1-2H3/t20-,22-,25+/m0/s1. The molecular weight excluding hydrogens is 411 g/mol. The molecular formula is C26H31FO5. The summed E-state index contributed by atoms with van der Waals surface area (Å²) in [6.45, 7) is 0.845. The summed E-state index contributed by atoms with van der Waals surface area (Å²) >= 11 is 0. The molecule has 1 aliphatic heterocycles. The fourth-order valence-electron chi connectivity index (χ4n) is 4.92. The Hall–Kier alpha value is -2.60. The molecule has 0 N–H and O–H groups in total. The quantitative estimate of drug-likeness (QED) is 0.531. The molecule has 0 radical (unpaired) electrons. The van der Waals surface area contributed by atoms with Crippen LogP contribution in [0.1, 0.15) is 42.9 Å². The Labute approximate surface area is 188 Å². The van der Waals surface area contributed by atoms with Crippen molar-refractivity contribution in [3.05, 3.63) is 59.4 Å². The molecule has 0 amide bonds. The smallest absolute Gasteiger partial charge is 0.308 e. The summed E-state index contributed by atoms with van der Waals surface area (Å²) in [4.78, 5) is 12.6. The number of ether oxygens (including phenoxy) is 4. The van der Waals surface area contributed by atoms with Crippen LogP contribution in [-0.2, 0) is 20.7 Å². The summed E-state index contributed by atoms with van der Waals surface area (Å²) in [5.41, 5.74) is 2.01. The van der Waals surface area contributed by atoms with Crippen molar-refractivity contribution in [2.45, 2.75) is 38.2 Å². The number of esters is 1. The van der Waals surface area contributed by atoms with Gasteiger partial charge in [-0.2, -0.15) is 0 Å². The molecule has 0 unspecified atom stereocenters. The van der Waals surface area contributed by atoms with Crippen molar-refractivity contribution < 1.29 is 28.1 Å². The van der Waals surface area contributed by atoms with Crippen LogP contribution in [-0.4, -0.2) is 33.4 Å². The highest BCUT2D eigenvalue weighted by molar-refractivity contribution is 5.72. The Balaban J connectivity index is 1.51. The van der Waals surface area contributed by atoms with Gasteiger partial charge in [-0.05, 0) is 60.6 Å². The molecule has 32 heavy (non-hydrogen) atoms. The molecule has 0 aromatic heterocycles. The van der Waals surface area contributed by atoms with Crippen LogP contribution in [0.3, 0.4) is 0 Å². The highest BCUT2D eigenvalue weighted by Gasteiger charge is 2.39. The van der Waals surface area contributed by atoms with E-state index in [1.165, 1.54) is 12.1 Å². The lowest BCUT2D eigenvalue weighted by molar-refractivity contribution is -0.150. The van der Waals surface area contributed by atoms with Gasteiger partial charge in [-0.1, -0.05) is 31.0 Å². The molecule has 0 spiro atoms. The number of hydrogen-bond acceptors (Lipinski definition) is 5. The minimum Gasteiger partial charge on any atom is -0.493 e. The molecule has 5 nitrogen and oxygen atoms in total. The summed E-state index contributed by atoms with van der Waals surface area (Å²) in [6.07, 6.45) is 4.52. The van der Waals surface area contributed by atoms with Gasteiger partial charge >= 0.3 is 5.97 Å². The van der Waals surface area contributed by atoms with Crippen LogP contribution in [0.25, 0.3) is 0 Å². The molecule has 1 aliphatic carbocycles. The van der Waals surface area contributed by atoms with Gasteiger partial charge in [0.2, 0.25) is 0 Å². The molecule has 1 saturated heterocycles. The number of methoxy groups -OCH3 is 2. The van der Waals surface area contributed by atoms with Crippen molar-refractivity contribution in [3.8, 4) is 11.5 Å². The van der Waals surface area contributed by atoms with Gasteiger partial charge in [0.1, 0.15) is 5.82 Å². The average Bonchev–Trinajstić information content (AvgIpc) is 3.48. The van der Waals surface area contributed by atoms with Crippen molar-refractivity contribution in [3.63, 3.8) is 0 Å². The number of carbonyl (C=O) groups excluding carboxylic acids is 1. The first-order valence-corrected chi connectivity index (χ1v) is 11.3. The zero-order valence-corrected chi connectivity index (χ0v) is 18.7. The van der Waals surface area contributed by atoms with Crippen LogP contribution < -0.4 is 9.47 Å². The predicted octanol–water partition coefficient (Wildman–Crippen LogP) is 5.12. The Bertz CT molecular complexity index is 907. The second-order valence-electron chi connectivity index (χ2n) is 8.73. The van der Waals surface area contributed by atoms with E-state index in [4.69, 9.17) is 18.9 Å². The monoisotopic (exact) mass is 442 g/mol. The summed E-state index contributed by atoms with van der Waals surface area (Å²) in [5.74, 6) is 1.15. The van der Waals surface area contributed by atoms with Crippen LogP contribution in [0.4, 0.5) is 4.39 Å². The summed E-state index contributed by atoms with van der Waals surface area (Å²) in [7, 11) is 3.24. The van der Waals surface area contributed by atoms with Crippen LogP contribution >= 0.6 is 0 Å². The van der Waals surface area contributed by atoms with Gasteiger partial charge in [0, 0.05) is 5.92 Å². The molecule has 2 aliphatic rings. The fraction of sp³-hybridized carbons (Fsp3) is 0.500. The average molecular weight is 443 g/mol. The van der Waals surface area contributed by atoms with Gasteiger partial charge in [0.05, 0.1) is 39.5 Å². The van der Waals surface area contributed by atoms with Gasteiger partial charge in [-0.15, -0.1) is 0 Å². The third kappa shape index (κ3) is 5.07. The maximum absolute atomic E-state index is 13.5. The number of carbonyl (C=O) groups is 1. The van der Waals surface area contributed by atoms with Crippen molar-refractivity contribution >= 4 is 5.97 Å². The maximum Gasteiger partial charge on any atom is 0.308 e. The lowest BCUT2D eigenvalue weighted by Gasteiger charge is -2.24. The topological polar surface area (TPSA) is 54.0 Å². The molecule has 2 aromatic carbocycles. The first-order valence-electron chi connectivity index (χ1n) is 11.3. The van der Waals surface area contributed by atoms with Crippen LogP contribution in [0.15, 0.2) is 42.5 Å². The molecule has 2 fully saturated rings. The minimum atomic E-state index is -0.280. The van der Waals surface area contributed by atoms with E-state index in [9.17, 15) is 9.18 Å². The Morgan fingerprint density at radius 1 is 1.03 bits per heavy atom. The molecule has 1 saturated carbocycles. The van der Waals surface area contributed by atoms with E-state index in [-0.39, 0.29) is 35.6 Å². The van der Waals surface area contributed by atoms with Gasteiger partial charge < -0.3 is 18.9 Å². The molecule has 0 bridgehead atoms. The number of halogens is 1. The number of hydrogen-bond donors (Lipinski definition) is 0. The van der Waals surface area contributed by atoms with E-state index in [0.29, 0.717) is 24.7 Å². The van der Waals surface area contributed by atoms with E-state index >= 15 is 0 Å². The first-order chi connectivity index (χ1) is 15.6. The third-order valence-electron chi connectivity index (χ3n) is 6.74. The SMILES string of the molecule is COc1ccc(C[C@H]2CO[C@H](c3ccc(F)cc3)[C@H]2COC(=O)C2CCCC2)cc1OC. The van der Waals surface area contributed by atoms with Crippen molar-refractivity contribution in [2.75, 3.05) is 27.4 Å². The van der Waals surface area contributed by atoms with Gasteiger partial charge in [-0.3, -0.25) is 4.79 Å². The molecule has 6 heteroatoms. The molecule has 3 atom stereocenters. The van der Waals surface area contributed by atoms with Crippen molar-refractivity contribution in [1.29, 1.82) is 0 Å². The number of rotatable bonds is 8. The second-order valence-corrected chi connectivity index (χ2v) is 8.73. The molecule has 1 heterocycles. The Morgan fingerprint density at radius 3 is 2.44 bits per heavy atom. The highest BCUT2D eigenvalue weighted by atomic mass is 19.1. The van der Waals surface area contributed by atoms with Crippen LogP contribution in [0.5, 0.6) is 11.5 Å². The zero-order chi connectivity index (χ0) is 22.5. The van der Waals surface area contributed by atoms with E-state index < -0.39 is 0 Å². The normalized spacial score (nSPS) is 23.3. The van der Waals surface area contributed by atoms with Gasteiger partial charge in [0.25, 0.3) is 0 Å². The summed E-state index contributed by atoms with van der Waals surface area (Å²) in [6, 6.07) is 12.3. The molecule has 4 rings (SSSR count). The zero-order valence-electron chi connectivity index (χ0n) is 18.7. The van der Waals surface area contributed by atoms with E-state index in [1.54, 1.807) is 26.4 Å². The Morgan fingerprint density at radius 2 is 1.75 bits per heavy atom. The second kappa shape index (κ2) is 10.3. The first kappa shape index (κ1) is 22.6. The molecule has 2 aromatic rings. The predicted molar refractivity (Wildman–Crippen MR) is 118 cm³/mol. The van der Waals surface area contributed by atoms with Crippen LogP contribution in [0, 0.1) is 23.6 Å². The highest BCUT2D eigenvalue weighted by Crippen LogP contribution is 2.41. The summed E-state index contributed by atoms with van der Waals surface area (Å²) in [5, 5.41) is 0. The number of benzene rings is 2. The maximum atomic E-state index is 13.5. The van der Waals surface area contributed by atoms with Crippen LogP contribution in [0.2, 0.25) is 0 Å². The summed E-state index contributed by atoms with van der Waals surface area (Å²) < 4.78 is 36.2. The van der Waals surface area contributed by atoms with Crippen molar-refractivity contribution in [2.24, 2.45) is 17.8 Å². The fourth-order valence-corrected chi connectivity index (χ4v) is 4.92. The van der Waals surface area contributed by atoms with Crippen molar-refractivity contribution in [1.82, 2.24) is 0 Å². The van der Waals surface area contributed by atoms with Gasteiger partial charge in [-0.25, -0.2) is 4.39 Å². The molecule has 172 valence electrons. The Kier molecular flexibility index (Phi) is 7.30. The third-order valence-corrected chi connectivity index (χ3v) is 6.74. The lowest BCUT2D eigenvalue weighted by Crippen LogP contribution is -2.26. The van der Waals surface area contributed by atoms with E-state index in [0.717, 1.165) is 43.2 Å². The lowest BCUT2D eigenvalue weighted by atomic mass is 9.84. The van der Waals surface area contributed by atoms with E-state index in [2.05, 4.69) is 0 Å².